The van der Waals surface area contributed by atoms with Gasteiger partial charge in [0.2, 0.25) is 0 Å². The van der Waals surface area contributed by atoms with Gasteiger partial charge in [-0.2, -0.15) is 0 Å². The van der Waals surface area contributed by atoms with Crippen molar-refractivity contribution in [2.45, 2.75) is 24.5 Å². The summed E-state index contributed by atoms with van der Waals surface area (Å²) in [6, 6.07) is 14.2. The molecule has 0 aliphatic heterocycles. The van der Waals surface area contributed by atoms with E-state index in [1.807, 2.05) is 31.2 Å². The molecule has 2 rings (SSSR count). The fourth-order valence-electron chi connectivity index (χ4n) is 1.94. The van der Waals surface area contributed by atoms with Gasteiger partial charge in [0, 0.05) is 16.2 Å². The van der Waals surface area contributed by atoms with Crippen LogP contribution < -0.4 is 5.73 Å². The Balaban J connectivity index is 2.25. The molecule has 0 heterocycles. The molecule has 0 atom stereocenters. The number of amidine groups is 1. The molecule has 0 unspecified atom stereocenters. The number of hydrogen-bond donors (Lipinski definition) is 2. The minimum Gasteiger partial charge on any atom is -0.409 e. The second-order valence-electron chi connectivity index (χ2n) is 4.70. The van der Waals surface area contributed by atoms with Gasteiger partial charge in [-0.05, 0) is 42.7 Å². The third kappa shape index (κ3) is 3.33. The Hall–Kier alpha value is -1.94. The average molecular weight is 286 g/mol. The van der Waals surface area contributed by atoms with Crippen LogP contribution in [-0.2, 0) is 5.75 Å². The summed E-state index contributed by atoms with van der Waals surface area (Å²) in [5.74, 6) is 1.01. The molecule has 0 spiro atoms. The third-order valence-corrected chi connectivity index (χ3v) is 4.27. The zero-order valence-electron chi connectivity index (χ0n) is 11.6. The number of hydrogen-bond acceptors (Lipinski definition) is 3. The first kappa shape index (κ1) is 14.5. The zero-order chi connectivity index (χ0) is 14.5. The number of benzene rings is 2. The van der Waals surface area contributed by atoms with Crippen molar-refractivity contribution in [3.63, 3.8) is 0 Å². The van der Waals surface area contributed by atoms with E-state index >= 15 is 0 Å². The van der Waals surface area contributed by atoms with Crippen LogP contribution in [0.3, 0.4) is 0 Å². The zero-order valence-corrected chi connectivity index (χ0v) is 12.4. The van der Waals surface area contributed by atoms with Crippen molar-refractivity contribution in [1.82, 2.24) is 0 Å². The molecule has 3 N–H and O–H groups in total. The number of nitrogens with zero attached hydrogens (tertiary/aromatic N) is 1. The van der Waals surface area contributed by atoms with E-state index in [9.17, 15) is 0 Å². The van der Waals surface area contributed by atoms with E-state index in [4.69, 9.17) is 10.9 Å². The number of rotatable bonds is 4. The van der Waals surface area contributed by atoms with Gasteiger partial charge in [0.25, 0.3) is 0 Å². The highest BCUT2D eigenvalue weighted by molar-refractivity contribution is 7.98. The SMILES string of the molecule is Cc1ccc(C(N)=NO)c(SCc2ccccc2C)c1. The molecule has 4 heteroatoms. The molecule has 0 radical (unpaired) electrons. The lowest BCUT2D eigenvalue weighted by Crippen LogP contribution is -2.14. The molecule has 0 amide bonds. The van der Waals surface area contributed by atoms with E-state index < -0.39 is 0 Å². The normalized spacial score (nSPS) is 11.6. The van der Waals surface area contributed by atoms with Crippen molar-refractivity contribution < 1.29 is 5.21 Å². The molecule has 0 saturated carbocycles. The smallest absolute Gasteiger partial charge is 0.171 e. The fraction of sp³-hybridized carbons (Fsp3) is 0.188. The van der Waals surface area contributed by atoms with Gasteiger partial charge in [0.05, 0.1) is 0 Å². The molecule has 0 aliphatic carbocycles. The molecule has 0 aromatic heterocycles. The van der Waals surface area contributed by atoms with Crippen LogP contribution in [0.15, 0.2) is 52.5 Å². The largest absolute Gasteiger partial charge is 0.409 e. The van der Waals surface area contributed by atoms with Gasteiger partial charge in [-0.1, -0.05) is 35.5 Å². The van der Waals surface area contributed by atoms with Gasteiger partial charge in [0.1, 0.15) is 0 Å². The van der Waals surface area contributed by atoms with E-state index in [0.717, 1.165) is 21.8 Å². The minimum atomic E-state index is 0.150. The van der Waals surface area contributed by atoms with E-state index in [1.54, 1.807) is 11.8 Å². The number of oxime groups is 1. The molecular weight excluding hydrogens is 268 g/mol. The van der Waals surface area contributed by atoms with Crippen molar-refractivity contribution in [3.05, 3.63) is 64.7 Å². The van der Waals surface area contributed by atoms with Crippen molar-refractivity contribution in [3.8, 4) is 0 Å². The van der Waals surface area contributed by atoms with Crippen LogP contribution in [0.2, 0.25) is 0 Å². The van der Waals surface area contributed by atoms with Gasteiger partial charge in [-0.15, -0.1) is 11.8 Å². The summed E-state index contributed by atoms with van der Waals surface area (Å²) in [7, 11) is 0. The summed E-state index contributed by atoms with van der Waals surface area (Å²) < 4.78 is 0. The van der Waals surface area contributed by atoms with Gasteiger partial charge in [-0.3, -0.25) is 0 Å². The average Bonchev–Trinajstić information content (AvgIpc) is 2.46. The molecule has 0 bridgehead atoms. The predicted octanol–water partition coefficient (Wildman–Crippen LogP) is 3.69. The molecule has 2 aromatic carbocycles. The Kier molecular flexibility index (Phi) is 4.69. The summed E-state index contributed by atoms with van der Waals surface area (Å²) in [6.07, 6.45) is 0. The Labute approximate surface area is 123 Å². The van der Waals surface area contributed by atoms with Gasteiger partial charge < -0.3 is 10.9 Å². The Morgan fingerprint density at radius 2 is 1.95 bits per heavy atom. The lowest BCUT2D eigenvalue weighted by atomic mass is 10.1. The summed E-state index contributed by atoms with van der Waals surface area (Å²) in [4.78, 5) is 1.03. The van der Waals surface area contributed by atoms with Gasteiger partial charge in [0.15, 0.2) is 5.84 Å². The van der Waals surface area contributed by atoms with E-state index in [1.165, 1.54) is 11.1 Å². The minimum absolute atomic E-state index is 0.150. The van der Waals surface area contributed by atoms with Crippen molar-refractivity contribution in [2.24, 2.45) is 10.9 Å². The Bertz CT molecular complexity index is 638. The summed E-state index contributed by atoms with van der Waals surface area (Å²) in [5, 5.41) is 12.0. The second kappa shape index (κ2) is 6.48. The highest BCUT2D eigenvalue weighted by Crippen LogP contribution is 2.28. The third-order valence-electron chi connectivity index (χ3n) is 3.17. The second-order valence-corrected chi connectivity index (χ2v) is 5.72. The van der Waals surface area contributed by atoms with Gasteiger partial charge >= 0.3 is 0 Å². The predicted molar refractivity (Wildman–Crippen MR) is 84.4 cm³/mol. The molecule has 0 fully saturated rings. The topological polar surface area (TPSA) is 58.6 Å². The maximum atomic E-state index is 8.87. The van der Waals surface area contributed by atoms with Crippen LogP contribution in [0.25, 0.3) is 0 Å². The van der Waals surface area contributed by atoms with Crippen LogP contribution in [0, 0.1) is 13.8 Å². The number of nitrogens with two attached hydrogens (primary N) is 1. The molecular formula is C16H18N2OS. The quantitative estimate of drug-likeness (QED) is 0.296. The highest BCUT2D eigenvalue weighted by Gasteiger charge is 2.09. The molecule has 104 valence electrons. The molecule has 3 nitrogen and oxygen atoms in total. The van der Waals surface area contributed by atoms with Gasteiger partial charge in [-0.25, -0.2) is 0 Å². The van der Waals surface area contributed by atoms with Crippen LogP contribution >= 0.6 is 11.8 Å². The summed E-state index contributed by atoms with van der Waals surface area (Å²) >= 11 is 1.70. The fourth-order valence-corrected chi connectivity index (χ4v) is 3.17. The molecule has 0 aliphatic rings. The van der Waals surface area contributed by atoms with Crippen LogP contribution in [-0.4, -0.2) is 11.0 Å². The maximum Gasteiger partial charge on any atom is 0.171 e. The number of thioether (sulfide) groups is 1. The Morgan fingerprint density at radius 1 is 1.20 bits per heavy atom. The lowest BCUT2D eigenvalue weighted by Gasteiger charge is -2.10. The van der Waals surface area contributed by atoms with E-state index in [-0.39, 0.29) is 5.84 Å². The standard InChI is InChI=1S/C16H18N2OS/c1-11-7-8-14(16(17)18-19)15(9-11)20-10-13-6-4-3-5-12(13)2/h3-9,19H,10H2,1-2H3,(H2,17,18). The molecule has 0 saturated heterocycles. The van der Waals surface area contributed by atoms with Crippen LogP contribution in [0.4, 0.5) is 0 Å². The van der Waals surface area contributed by atoms with E-state index in [0.29, 0.717) is 0 Å². The first-order valence-electron chi connectivity index (χ1n) is 6.37. The van der Waals surface area contributed by atoms with Crippen LogP contribution in [0.1, 0.15) is 22.3 Å². The molecule has 2 aromatic rings. The Morgan fingerprint density at radius 3 is 2.65 bits per heavy atom. The van der Waals surface area contributed by atoms with Crippen molar-refractivity contribution >= 4 is 17.6 Å². The summed E-state index contributed by atoms with van der Waals surface area (Å²) in [5.41, 5.74) is 10.2. The first-order valence-corrected chi connectivity index (χ1v) is 7.36. The van der Waals surface area contributed by atoms with Crippen molar-refractivity contribution in [2.75, 3.05) is 0 Å². The molecule has 20 heavy (non-hydrogen) atoms. The number of aryl methyl sites for hydroxylation is 2. The summed E-state index contributed by atoms with van der Waals surface area (Å²) in [6.45, 7) is 4.14. The highest BCUT2D eigenvalue weighted by atomic mass is 32.2. The van der Waals surface area contributed by atoms with Crippen molar-refractivity contribution in [1.29, 1.82) is 0 Å². The lowest BCUT2D eigenvalue weighted by molar-refractivity contribution is 0.318. The monoisotopic (exact) mass is 286 g/mol. The first-order chi connectivity index (χ1) is 9.61. The van der Waals surface area contributed by atoms with Crippen LogP contribution in [0.5, 0.6) is 0 Å². The van der Waals surface area contributed by atoms with E-state index in [2.05, 4.69) is 30.3 Å². The maximum absolute atomic E-state index is 8.87.